The summed E-state index contributed by atoms with van der Waals surface area (Å²) in [7, 11) is 0. The molecule has 1 amide bonds. The van der Waals surface area contributed by atoms with E-state index in [1.54, 1.807) is 0 Å². The molecule has 0 aromatic heterocycles. The van der Waals surface area contributed by atoms with E-state index < -0.39 is 0 Å². The zero-order chi connectivity index (χ0) is 13.8. The molecule has 3 heteroatoms. The molecule has 1 aliphatic carbocycles. The van der Waals surface area contributed by atoms with Gasteiger partial charge in [0.15, 0.2) is 0 Å². The van der Waals surface area contributed by atoms with Crippen molar-refractivity contribution in [1.29, 1.82) is 0 Å². The van der Waals surface area contributed by atoms with E-state index in [1.165, 1.54) is 12.8 Å². The zero-order valence-corrected chi connectivity index (χ0v) is 11.9. The maximum absolute atomic E-state index is 12.6. The van der Waals surface area contributed by atoms with Crippen molar-refractivity contribution >= 4 is 11.6 Å². The number of nitrogens with two attached hydrogens (primary N) is 1. The van der Waals surface area contributed by atoms with Gasteiger partial charge in [-0.05, 0) is 44.4 Å². The van der Waals surface area contributed by atoms with Crippen molar-refractivity contribution in [1.82, 2.24) is 4.90 Å². The van der Waals surface area contributed by atoms with Crippen LogP contribution >= 0.6 is 0 Å². The minimum Gasteiger partial charge on any atom is -0.399 e. The van der Waals surface area contributed by atoms with Gasteiger partial charge < -0.3 is 10.6 Å². The van der Waals surface area contributed by atoms with Gasteiger partial charge in [-0.1, -0.05) is 25.0 Å². The van der Waals surface area contributed by atoms with Crippen LogP contribution in [0.4, 0.5) is 5.69 Å². The van der Waals surface area contributed by atoms with Crippen LogP contribution < -0.4 is 5.73 Å². The van der Waals surface area contributed by atoms with Gasteiger partial charge in [0.1, 0.15) is 0 Å². The monoisotopic (exact) mass is 260 g/mol. The molecule has 1 aromatic carbocycles. The van der Waals surface area contributed by atoms with Gasteiger partial charge in [0.25, 0.3) is 0 Å². The predicted molar refractivity (Wildman–Crippen MR) is 78.5 cm³/mol. The fraction of sp³-hybridized carbons (Fsp3) is 0.562. The predicted octanol–water partition coefficient (Wildman–Crippen LogP) is 3.20. The minimum absolute atomic E-state index is 0.241. The molecule has 104 valence electrons. The number of carbonyl (C=O) groups excluding carboxylic acids is 1. The van der Waals surface area contributed by atoms with Crippen molar-refractivity contribution in [3.8, 4) is 0 Å². The Morgan fingerprint density at radius 2 is 1.84 bits per heavy atom. The van der Waals surface area contributed by atoms with Gasteiger partial charge in [0.2, 0.25) is 5.91 Å². The molecule has 0 aliphatic heterocycles. The molecular weight excluding hydrogens is 236 g/mol. The zero-order valence-electron chi connectivity index (χ0n) is 11.9. The maximum atomic E-state index is 12.6. The summed E-state index contributed by atoms with van der Waals surface area (Å²) in [6, 6.07) is 8.05. The van der Waals surface area contributed by atoms with E-state index in [0.29, 0.717) is 12.5 Å². The largest absolute Gasteiger partial charge is 0.399 e. The highest BCUT2D eigenvalue weighted by Crippen LogP contribution is 2.28. The second kappa shape index (κ2) is 6.09. The van der Waals surface area contributed by atoms with Gasteiger partial charge in [-0.2, -0.15) is 0 Å². The number of anilines is 1. The molecule has 0 bridgehead atoms. The standard InChI is InChI=1S/C16H24N2O/c1-12(2)18(16(19)14-5-3-4-6-14)11-13-7-9-15(17)10-8-13/h7-10,12,14H,3-6,11,17H2,1-2H3. The first kappa shape index (κ1) is 13.9. The van der Waals surface area contributed by atoms with Crippen molar-refractivity contribution in [2.45, 2.75) is 52.1 Å². The maximum Gasteiger partial charge on any atom is 0.226 e. The van der Waals surface area contributed by atoms with E-state index in [-0.39, 0.29) is 12.0 Å². The molecule has 1 fully saturated rings. The molecule has 1 aliphatic rings. The van der Waals surface area contributed by atoms with E-state index >= 15 is 0 Å². The summed E-state index contributed by atoms with van der Waals surface area (Å²) >= 11 is 0. The molecule has 19 heavy (non-hydrogen) atoms. The van der Waals surface area contributed by atoms with Gasteiger partial charge in [-0.25, -0.2) is 0 Å². The second-order valence-electron chi connectivity index (χ2n) is 5.78. The summed E-state index contributed by atoms with van der Waals surface area (Å²) in [5.74, 6) is 0.570. The molecule has 3 nitrogen and oxygen atoms in total. The fourth-order valence-corrected chi connectivity index (χ4v) is 2.74. The van der Waals surface area contributed by atoms with Crippen LogP contribution in [0.1, 0.15) is 45.1 Å². The molecule has 0 heterocycles. The van der Waals surface area contributed by atoms with Crippen molar-refractivity contribution in [3.63, 3.8) is 0 Å². The van der Waals surface area contributed by atoms with Gasteiger partial charge in [-0.3, -0.25) is 4.79 Å². The molecule has 0 spiro atoms. The van der Waals surface area contributed by atoms with E-state index in [2.05, 4.69) is 13.8 Å². The minimum atomic E-state index is 0.241. The van der Waals surface area contributed by atoms with Crippen LogP contribution in [-0.2, 0) is 11.3 Å². The van der Waals surface area contributed by atoms with Crippen molar-refractivity contribution < 1.29 is 4.79 Å². The lowest BCUT2D eigenvalue weighted by Gasteiger charge is -2.29. The van der Waals surface area contributed by atoms with Crippen LogP contribution in [-0.4, -0.2) is 16.8 Å². The third-order valence-corrected chi connectivity index (χ3v) is 3.94. The first-order valence-corrected chi connectivity index (χ1v) is 7.23. The summed E-state index contributed by atoms with van der Waals surface area (Å²) in [6.07, 6.45) is 4.52. The molecule has 0 saturated heterocycles. The summed E-state index contributed by atoms with van der Waals surface area (Å²) in [4.78, 5) is 14.6. The molecule has 0 radical (unpaired) electrons. The van der Waals surface area contributed by atoms with Gasteiger partial charge in [0.05, 0.1) is 0 Å². The summed E-state index contributed by atoms with van der Waals surface area (Å²) in [6.45, 7) is 4.86. The number of nitrogens with zero attached hydrogens (tertiary/aromatic N) is 1. The average Bonchev–Trinajstić information content (AvgIpc) is 2.91. The Labute approximate surface area is 115 Å². The van der Waals surface area contributed by atoms with E-state index in [9.17, 15) is 4.79 Å². The van der Waals surface area contributed by atoms with Crippen molar-refractivity contribution in [2.75, 3.05) is 5.73 Å². The van der Waals surface area contributed by atoms with E-state index in [4.69, 9.17) is 5.73 Å². The number of hydrogen-bond acceptors (Lipinski definition) is 2. The molecule has 0 atom stereocenters. The lowest BCUT2D eigenvalue weighted by molar-refractivity contribution is -0.137. The Bertz CT molecular complexity index is 419. The highest BCUT2D eigenvalue weighted by molar-refractivity contribution is 5.79. The Morgan fingerprint density at radius 3 is 2.37 bits per heavy atom. The summed E-state index contributed by atoms with van der Waals surface area (Å²) in [5.41, 5.74) is 7.61. The van der Waals surface area contributed by atoms with Crippen molar-refractivity contribution in [3.05, 3.63) is 29.8 Å². The average molecular weight is 260 g/mol. The Kier molecular flexibility index (Phi) is 4.46. The van der Waals surface area contributed by atoms with Crippen LogP contribution in [0.25, 0.3) is 0 Å². The Balaban J connectivity index is 2.07. The molecule has 1 aromatic rings. The molecule has 2 rings (SSSR count). The highest BCUT2D eigenvalue weighted by Gasteiger charge is 2.28. The second-order valence-corrected chi connectivity index (χ2v) is 5.78. The number of amides is 1. The van der Waals surface area contributed by atoms with E-state index in [0.717, 1.165) is 24.1 Å². The third kappa shape index (κ3) is 3.49. The lowest BCUT2D eigenvalue weighted by Crippen LogP contribution is -2.39. The SMILES string of the molecule is CC(C)N(Cc1ccc(N)cc1)C(=O)C1CCCC1. The first-order valence-electron chi connectivity index (χ1n) is 7.23. The third-order valence-electron chi connectivity index (χ3n) is 3.94. The summed E-state index contributed by atoms with van der Waals surface area (Å²) < 4.78 is 0. The lowest BCUT2D eigenvalue weighted by atomic mass is 10.0. The molecule has 1 saturated carbocycles. The van der Waals surface area contributed by atoms with Gasteiger partial charge in [0, 0.05) is 24.2 Å². The van der Waals surface area contributed by atoms with Gasteiger partial charge >= 0.3 is 0 Å². The molecular formula is C16H24N2O. The van der Waals surface area contributed by atoms with Crippen LogP contribution in [0.5, 0.6) is 0 Å². The topological polar surface area (TPSA) is 46.3 Å². The Hall–Kier alpha value is -1.51. The van der Waals surface area contributed by atoms with Gasteiger partial charge in [-0.15, -0.1) is 0 Å². The highest BCUT2D eigenvalue weighted by atomic mass is 16.2. The van der Waals surface area contributed by atoms with Crippen LogP contribution in [0, 0.1) is 5.92 Å². The molecule has 0 unspecified atom stereocenters. The van der Waals surface area contributed by atoms with Crippen LogP contribution in [0.3, 0.4) is 0 Å². The van der Waals surface area contributed by atoms with Crippen LogP contribution in [0.2, 0.25) is 0 Å². The van der Waals surface area contributed by atoms with Crippen molar-refractivity contribution in [2.24, 2.45) is 5.92 Å². The number of rotatable bonds is 4. The van der Waals surface area contributed by atoms with E-state index in [1.807, 2.05) is 29.2 Å². The van der Waals surface area contributed by atoms with Crippen LogP contribution in [0.15, 0.2) is 24.3 Å². The number of benzene rings is 1. The summed E-state index contributed by atoms with van der Waals surface area (Å²) in [5, 5.41) is 0. The number of nitrogen functional groups attached to an aromatic ring is 1. The number of hydrogen-bond donors (Lipinski definition) is 1. The molecule has 2 N–H and O–H groups in total. The fourth-order valence-electron chi connectivity index (χ4n) is 2.74. The Morgan fingerprint density at radius 1 is 1.26 bits per heavy atom. The quantitative estimate of drug-likeness (QED) is 0.845. The number of carbonyl (C=O) groups is 1. The normalized spacial score (nSPS) is 15.9. The first-order chi connectivity index (χ1) is 9.08. The smallest absolute Gasteiger partial charge is 0.226 e.